The Hall–Kier alpha value is -1.26. The number of urea groups is 1. The highest BCUT2D eigenvalue weighted by Crippen LogP contribution is 2.30. The number of hydrogen-bond acceptors (Lipinski definition) is 2. The molecule has 2 rings (SSSR count). The number of amides is 2. The highest BCUT2D eigenvalue weighted by molar-refractivity contribution is 5.76. The Morgan fingerprint density at radius 3 is 2.43 bits per heavy atom. The largest absolute Gasteiger partial charge is 0.481 e. The zero-order chi connectivity index (χ0) is 15.4. The Morgan fingerprint density at radius 2 is 1.86 bits per heavy atom. The van der Waals surface area contributed by atoms with Gasteiger partial charge in [-0.05, 0) is 18.3 Å². The summed E-state index contributed by atoms with van der Waals surface area (Å²) in [5.41, 5.74) is 0. The highest BCUT2D eigenvalue weighted by Gasteiger charge is 2.37. The van der Waals surface area contributed by atoms with E-state index in [1.807, 2.05) is 0 Å². The molecule has 21 heavy (non-hydrogen) atoms. The van der Waals surface area contributed by atoms with Crippen LogP contribution in [0.15, 0.2) is 0 Å². The smallest absolute Gasteiger partial charge is 0.317 e. The van der Waals surface area contributed by atoms with Crippen molar-refractivity contribution in [3.63, 3.8) is 0 Å². The minimum atomic E-state index is -0.772. The summed E-state index contributed by atoms with van der Waals surface area (Å²) in [6.07, 6.45) is 6.29. The monoisotopic (exact) mass is 296 g/mol. The lowest BCUT2D eigenvalue weighted by molar-refractivity contribution is -0.144. The molecular weight excluding hydrogens is 268 g/mol. The number of likely N-dealkylation sites (tertiary alicyclic amines) is 1. The van der Waals surface area contributed by atoms with Crippen molar-refractivity contribution >= 4 is 12.0 Å². The lowest BCUT2D eigenvalue weighted by Gasteiger charge is -2.41. The number of hydrogen-bond donors (Lipinski definition) is 2. The topological polar surface area (TPSA) is 69.6 Å². The van der Waals surface area contributed by atoms with E-state index < -0.39 is 5.97 Å². The third kappa shape index (κ3) is 4.35. The van der Waals surface area contributed by atoms with Crippen molar-refractivity contribution in [3.8, 4) is 0 Å². The van der Waals surface area contributed by atoms with Gasteiger partial charge in [-0.2, -0.15) is 0 Å². The van der Waals surface area contributed by atoms with E-state index in [2.05, 4.69) is 12.2 Å². The van der Waals surface area contributed by atoms with Crippen LogP contribution in [0, 0.1) is 23.7 Å². The third-order valence-electron chi connectivity index (χ3n) is 5.26. The van der Waals surface area contributed by atoms with Gasteiger partial charge in [0.05, 0.1) is 5.92 Å². The van der Waals surface area contributed by atoms with Crippen molar-refractivity contribution in [1.82, 2.24) is 10.2 Å². The summed E-state index contributed by atoms with van der Waals surface area (Å²) in [7, 11) is 0. The lowest BCUT2D eigenvalue weighted by atomic mass is 9.81. The van der Waals surface area contributed by atoms with E-state index in [1.54, 1.807) is 11.8 Å². The van der Waals surface area contributed by atoms with Gasteiger partial charge in [-0.15, -0.1) is 0 Å². The molecular formula is C16H28N2O3. The number of rotatable bonds is 5. The molecule has 0 aromatic rings. The summed E-state index contributed by atoms with van der Waals surface area (Å²) in [6, 6.07) is -0.0342. The summed E-state index contributed by atoms with van der Waals surface area (Å²) in [5, 5.41) is 11.9. The van der Waals surface area contributed by atoms with Gasteiger partial charge in [0.1, 0.15) is 0 Å². The van der Waals surface area contributed by atoms with E-state index in [0.29, 0.717) is 13.1 Å². The summed E-state index contributed by atoms with van der Waals surface area (Å²) in [5.74, 6) is 0.598. The molecule has 1 unspecified atom stereocenters. The van der Waals surface area contributed by atoms with Crippen LogP contribution in [0.2, 0.25) is 0 Å². The molecule has 0 aromatic heterocycles. The van der Waals surface area contributed by atoms with Crippen molar-refractivity contribution in [2.24, 2.45) is 23.7 Å². The molecule has 0 spiro atoms. The van der Waals surface area contributed by atoms with E-state index in [-0.39, 0.29) is 17.9 Å². The molecule has 1 heterocycles. The molecule has 1 atom stereocenters. The molecule has 120 valence electrons. The number of nitrogens with zero attached hydrogens (tertiary/aromatic N) is 1. The zero-order valence-electron chi connectivity index (χ0n) is 13.2. The normalized spacial score (nSPS) is 27.8. The minimum absolute atomic E-state index is 0.0342. The molecule has 2 N–H and O–H groups in total. The van der Waals surface area contributed by atoms with Crippen molar-refractivity contribution in [2.45, 2.75) is 46.0 Å². The maximum absolute atomic E-state index is 11.9. The van der Waals surface area contributed by atoms with Gasteiger partial charge in [0.15, 0.2) is 0 Å². The van der Waals surface area contributed by atoms with E-state index in [9.17, 15) is 9.59 Å². The molecule has 2 amide bonds. The van der Waals surface area contributed by atoms with Crippen LogP contribution in [0.25, 0.3) is 0 Å². The molecule has 0 bridgehead atoms. The van der Waals surface area contributed by atoms with Crippen LogP contribution in [-0.4, -0.2) is 41.6 Å². The van der Waals surface area contributed by atoms with E-state index in [0.717, 1.165) is 24.8 Å². The third-order valence-corrected chi connectivity index (χ3v) is 5.26. The van der Waals surface area contributed by atoms with Crippen molar-refractivity contribution < 1.29 is 14.7 Å². The van der Waals surface area contributed by atoms with Gasteiger partial charge in [-0.1, -0.05) is 39.5 Å². The molecule has 1 aliphatic heterocycles. The lowest BCUT2D eigenvalue weighted by Crippen LogP contribution is -2.56. The predicted molar refractivity (Wildman–Crippen MR) is 81.0 cm³/mol. The standard InChI is InChI=1S/C16H28N2O3/c1-11-3-5-13(6-4-11)7-8-17-16(21)18-9-14(10-18)12(2)15(19)20/h11-14H,3-10H2,1-2H3,(H,17,21)(H,19,20). The zero-order valence-corrected chi connectivity index (χ0v) is 13.2. The minimum Gasteiger partial charge on any atom is -0.481 e. The quantitative estimate of drug-likeness (QED) is 0.819. The molecule has 1 aliphatic carbocycles. The van der Waals surface area contributed by atoms with E-state index in [4.69, 9.17) is 5.11 Å². The number of carboxylic acids is 1. The summed E-state index contributed by atoms with van der Waals surface area (Å²) in [4.78, 5) is 24.5. The molecule has 0 aromatic carbocycles. The Kier molecular flexibility index (Phi) is 5.48. The number of carbonyl (C=O) groups is 2. The fraction of sp³-hybridized carbons (Fsp3) is 0.875. The van der Waals surface area contributed by atoms with E-state index in [1.165, 1.54) is 25.7 Å². The first-order chi connectivity index (χ1) is 9.97. The van der Waals surface area contributed by atoms with Crippen LogP contribution in [-0.2, 0) is 4.79 Å². The molecule has 2 fully saturated rings. The second-order valence-electron chi connectivity index (χ2n) is 6.94. The number of carboxylic acid groups (broad SMARTS) is 1. The summed E-state index contributed by atoms with van der Waals surface area (Å²) in [6.45, 7) is 5.91. The van der Waals surface area contributed by atoms with Crippen LogP contribution >= 0.6 is 0 Å². The van der Waals surface area contributed by atoms with Crippen LogP contribution in [0.1, 0.15) is 46.0 Å². The number of nitrogens with one attached hydrogen (secondary N) is 1. The molecule has 5 heteroatoms. The SMILES string of the molecule is CC1CCC(CCNC(=O)N2CC(C(C)C(=O)O)C2)CC1. The Balaban J connectivity index is 1.58. The first kappa shape index (κ1) is 16.1. The fourth-order valence-corrected chi connectivity index (χ4v) is 3.31. The van der Waals surface area contributed by atoms with Gasteiger partial charge in [0, 0.05) is 25.6 Å². The second-order valence-corrected chi connectivity index (χ2v) is 6.94. The van der Waals surface area contributed by atoms with Crippen LogP contribution in [0.4, 0.5) is 4.79 Å². The Morgan fingerprint density at radius 1 is 1.24 bits per heavy atom. The molecule has 1 saturated heterocycles. The first-order valence-electron chi connectivity index (χ1n) is 8.23. The predicted octanol–water partition coefficient (Wildman–Crippen LogP) is 2.56. The summed E-state index contributed by atoms with van der Waals surface area (Å²) >= 11 is 0. The van der Waals surface area contributed by atoms with Gasteiger partial charge in [0.25, 0.3) is 0 Å². The highest BCUT2D eigenvalue weighted by atomic mass is 16.4. The maximum Gasteiger partial charge on any atom is 0.317 e. The van der Waals surface area contributed by atoms with Crippen molar-refractivity contribution in [3.05, 3.63) is 0 Å². The molecule has 5 nitrogen and oxygen atoms in total. The van der Waals surface area contributed by atoms with Crippen molar-refractivity contribution in [1.29, 1.82) is 0 Å². The van der Waals surface area contributed by atoms with Gasteiger partial charge in [-0.3, -0.25) is 4.79 Å². The van der Waals surface area contributed by atoms with Crippen molar-refractivity contribution in [2.75, 3.05) is 19.6 Å². The van der Waals surface area contributed by atoms with Gasteiger partial charge < -0.3 is 15.3 Å². The van der Waals surface area contributed by atoms with Gasteiger partial charge in [0.2, 0.25) is 0 Å². The first-order valence-corrected chi connectivity index (χ1v) is 8.23. The van der Waals surface area contributed by atoms with E-state index >= 15 is 0 Å². The summed E-state index contributed by atoms with van der Waals surface area (Å²) < 4.78 is 0. The van der Waals surface area contributed by atoms with Gasteiger partial charge >= 0.3 is 12.0 Å². The maximum atomic E-state index is 11.9. The average Bonchev–Trinajstić information content (AvgIpc) is 2.39. The fourth-order valence-electron chi connectivity index (χ4n) is 3.31. The Labute approximate surface area is 127 Å². The van der Waals surface area contributed by atoms with Crippen LogP contribution in [0.5, 0.6) is 0 Å². The second kappa shape index (κ2) is 7.14. The molecule has 0 radical (unpaired) electrons. The van der Waals surface area contributed by atoms with Crippen LogP contribution in [0.3, 0.4) is 0 Å². The van der Waals surface area contributed by atoms with Crippen LogP contribution < -0.4 is 5.32 Å². The number of aliphatic carboxylic acids is 1. The molecule has 1 saturated carbocycles. The van der Waals surface area contributed by atoms with Gasteiger partial charge in [-0.25, -0.2) is 4.79 Å². The Bertz CT molecular complexity index is 372. The number of carbonyl (C=O) groups excluding carboxylic acids is 1. The average molecular weight is 296 g/mol. The molecule has 2 aliphatic rings.